The minimum atomic E-state index is -0.550. The molecule has 0 atom stereocenters. The number of nitrogens with one attached hydrogen (secondary N) is 1. The lowest BCUT2D eigenvalue weighted by molar-refractivity contribution is -0.618. The number of nitrogens with zero attached hydrogens (tertiary/aromatic N) is 6. The first-order valence-electron chi connectivity index (χ1n) is 12.6. The standard InChI is InChI=1S/C28H26ClN7O3/c1-2-3-11-24-30-27(29)25(26(38)23-10-6-7-20(17-37)36(23)39)35(24)16-18-12-14-19(15-13-18)21-8-4-5-9-22(21)28-31-33-34-32-28/h4-10,12-15,37H,2-3,11,16-17H2,1H3,(H,31,32,33,34). The lowest BCUT2D eigenvalue weighted by Gasteiger charge is -2.13. The van der Waals surface area contributed by atoms with Gasteiger partial charge in [0.1, 0.15) is 18.1 Å². The van der Waals surface area contributed by atoms with Crippen LogP contribution in [0, 0.1) is 5.21 Å². The zero-order chi connectivity index (χ0) is 27.4. The first-order chi connectivity index (χ1) is 19.0. The van der Waals surface area contributed by atoms with Crippen molar-refractivity contribution in [3.8, 4) is 22.5 Å². The Morgan fingerprint density at radius 2 is 1.85 bits per heavy atom. The number of H-pyrrole nitrogens is 1. The van der Waals surface area contributed by atoms with E-state index in [-0.39, 0.29) is 22.2 Å². The number of hydrogen-bond acceptors (Lipinski definition) is 7. The van der Waals surface area contributed by atoms with Crippen molar-refractivity contribution in [2.75, 3.05) is 0 Å². The predicted molar refractivity (Wildman–Crippen MR) is 145 cm³/mol. The highest BCUT2D eigenvalue weighted by Gasteiger charge is 2.29. The second-order valence-corrected chi connectivity index (χ2v) is 9.38. The molecule has 5 aromatic rings. The summed E-state index contributed by atoms with van der Waals surface area (Å²) < 4.78 is 2.23. The minimum Gasteiger partial charge on any atom is -0.618 e. The van der Waals surface area contributed by atoms with Gasteiger partial charge in [-0.1, -0.05) is 73.5 Å². The number of halogens is 1. The second kappa shape index (κ2) is 11.5. The highest BCUT2D eigenvalue weighted by molar-refractivity contribution is 6.33. The van der Waals surface area contributed by atoms with Gasteiger partial charge < -0.3 is 14.9 Å². The third-order valence-electron chi connectivity index (χ3n) is 6.51. The van der Waals surface area contributed by atoms with Crippen molar-refractivity contribution in [2.45, 2.75) is 39.3 Å². The number of rotatable bonds is 10. The quantitative estimate of drug-likeness (QED) is 0.153. The first-order valence-corrected chi connectivity index (χ1v) is 12.9. The lowest BCUT2D eigenvalue weighted by Crippen LogP contribution is -2.39. The molecule has 198 valence electrons. The van der Waals surface area contributed by atoms with Crippen LogP contribution in [0.15, 0.2) is 66.7 Å². The summed E-state index contributed by atoms with van der Waals surface area (Å²) in [6.45, 7) is 1.93. The second-order valence-electron chi connectivity index (χ2n) is 9.02. The summed E-state index contributed by atoms with van der Waals surface area (Å²) in [4.78, 5) is 18.1. The van der Waals surface area contributed by atoms with Crippen LogP contribution < -0.4 is 4.73 Å². The van der Waals surface area contributed by atoms with E-state index in [1.54, 1.807) is 10.6 Å². The maximum atomic E-state index is 13.6. The van der Waals surface area contributed by atoms with E-state index in [9.17, 15) is 15.1 Å². The van der Waals surface area contributed by atoms with Crippen LogP contribution in [-0.4, -0.2) is 41.1 Å². The third-order valence-corrected chi connectivity index (χ3v) is 6.77. The molecule has 0 fully saturated rings. The molecule has 0 bridgehead atoms. The zero-order valence-corrected chi connectivity index (χ0v) is 22.0. The number of unbranched alkanes of at least 4 members (excludes halogenated alkanes) is 1. The molecule has 3 heterocycles. The Bertz CT molecular complexity index is 1600. The molecular formula is C28H26ClN7O3. The number of ketones is 1. The van der Waals surface area contributed by atoms with Crippen LogP contribution in [0.4, 0.5) is 0 Å². The molecule has 0 aliphatic rings. The van der Waals surface area contributed by atoms with Crippen LogP contribution in [0.3, 0.4) is 0 Å². The van der Waals surface area contributed by atoms with Crippen LogP contribution >= 0.6 is 11.6 Å². The molecule has 0 unspecified atom stereocenters. The van der Waals surface area contributed by atoms with E-state index in [1.807, 2.05) is 48.5 Å². The van der Waals surface area contributed by atoms with Gasteiger partial charge >= 0.3 is 0 Å². The van der Waals surface area contributed by atoms with E-state index in [1.165, 1.54) is 12.1 Å². The number of imidazole rings is 1. The zero-order valence-electron chi connectivity index (χ0n) is 21.2. The fourth-order valence-corrected chi connectivity index (χ4v) is 4.79. The summed E-state index contributed by atoms with van der Waals surface area (Å²) in [5, 5.41) is 36.6. The molecule has 0 radical (unpaired) electrons. The van der Waals surface area contributed by atoms with Crippen molar-refractivity contribution in [3.63, 3.8) is 0 Å². The van der Waals surface area contributed by atoms with E-state index in [4.69, 9.17) is 11.6 Å². The summed E-state index contributed by atoms with van der Waals surface area (Å²) >= 11 is 6.50. The van der Waals surface area contributed by atoms with Crippen LogP contribution in [0.1, 0.15) is 53.0 Å². The number of hydrogen-bond donors (Lipinski definition) is 2. The largest absolute Gasteiger partial charge is 0.618 e. The van der Waals surface area contributed by atoms with Gasteiger partial charge in [0.25, 0.3) is 11.5 Å². The maximum Gasteiger partial charge on any atom is 0.277 e. The summed E-state index contributed by atoms with van der Waals surface area (Å²) in [7, 11) is 0. The summed E-state index contributed by atoms with van der Waals surface area (Å²) in [6.07, 6.45) is 2.45. The van der Waals surface area contributed by atoms with E-state index in [2.05, 4.69) is 32.5 Å². The molecule has 2 aromatic carbocycles. The van der Waals surface area contributed by atoms with E-state index >= 15 is 0 Å². The number of benzene rings is 2. The molecule has 0 saturated heterocycles. The molecule has 3 aromatic heterocycles. The van der Waals surface area contributed by atoms with Gasteiger partial charge in [-0.15, -0.1) is 10.2 Å². The van der Waals surface area contributed by atoms with Crippen molar-refractivity contribution >= 4 is 17.4 Å². The average molecular weight is 544 g/mol. The van der Waals surface area contributed by atoms with Crippen molar-refractivity contribution in [3.05, 3.63) is 106 Å². The number of carbonyl (C=O) groups is 1. The molecule has 11 heteroatoms. The molecule has 10 nitrogen and oxygen atoms in total. The van der Waals surface area contributed by atoms with E-state index < -0.39 is 12.4 Å². The number of aliphatic hydroxyl groups is 1. The van der Waals surface area contributed by atoms with Gasteiger partial charge in [0.15, 0.2) is 5.15 Å². The molecule has 2 N–H and O–H groups in total. The highest BCUT2D eigenvalue weighted by atomic mass is 35.5. The van der Waals surface area contributed by atoms with Crippen LogP contribution in [0.2, 0.25) is 5.15 Å². The number of tetrazole rings is 1. The van der Waals surface area contributed by atoms with Crippen molar-refractivity contribution < 1.29 is 14.6 Å². The third kappa shape index (κ3) is 5.29. The SMILES string of the molecule is CCCCc1nc(Cl)c(C(=O)c2cccc(CO)[n+]2[O-])n1Cc1ccc(-c2ccccc2-c2nn[nH]n2)cc1. The Morgan fingerprint density at radius 3 is 2.54 bits per heavy atom. The van der Waals surface area contributed by atoms with Gasteiger partial charge in [-0.3, -0.25) is 4.79 Å². The number of aliphatic hydroxyl groups excluding tert-OH is 1. The van der Waals surface area contributed by atoms with Crippen molar-refractivity contribution in [2.24, 2.45) is 0 Å². The Hall–Kier alpha value is -4.41. The molecule has 0 aliphatic heterocycles. The number of aromatic amines is 1. The number of carbonyl (C=O) groups excluding carboxylic acids is 1. The number of aromatic nitrogens is 7. The Morgan fingerprint density at radius 1 is 1.08 bits per heavy atom. The van der Waals surface area contributed by atoms with Gasteiger partial charge in [-0.25, -0.2) is 4.98 Å². The molecule has 5 rings (SSSR count). The molecule has 0 spiro atoms. The topological polar surface area (TPSA) is 137 Å². The molecular weight excluding hydrogens is 518 g/mol. The van der Waals surface area contributed by atoms with Crippen molar-refractivity contribution in [1.82, 2.24) is 30.2 Å². The Kier molecular flexibility index (Phi) is 7.76. The van der Waals surface area contributed by atoms with Gasteiger partial charge in [0.05, 0.1) is 0 Å². The number of pyridine rings is 1. The Balaban J connectivity index is 1.50. The smallest absolute Gasteiger partial charge is 0.277 e. The van der Waals surface area contributed by atoms with Crippen LogP contribution in [0.5, 0.6) is 0 Å². The molecule has 39 heavy (non-hydrogen) atoms. The van der Waals surface area contributed by atoms with E-state index in [0.717, 1.165) is 35.1 Å². The van der Waals surface area contributed by atoms with Gasteiger partial charge in [0.2, 0.25) is 11.5 Å². The van der Waals surface area contributed by atoms with Gasteiger partial charge in [-0.2, -0.15) is 9.94 Å². The predicted octanol–water partition coefficient (Wildman–Crippen LogP) is 4.13. The fraction of sp³-hybridized carbons (Fsp3) is 0.214. The fourth-order valence-electron chi connectivity index (χ4n) is 4.50. The highest BCUT2D eigenvalue weighted by Crippen LogP contribution is 2.30. The van der Waals surface area contributed by atoms with Gasteiger partial charge in [-0.05, 0) is 34.4 Å². The number of aryl methyl sites for hydroxylation is 1. The minimum absolute atomic E-state index is 0.0474. The average Bonchev–Trinajstić information content (AvgIpc) is 3.60. The van der Waals surface area contributed by atoms with E-state index in [0.29, 0.717) is 29.3 Å². The van der Waals surface area contributed by atoms with Crippen LogP contribution in [-0.2, 0) is 19.6 Å². The maximum absolute atomic E-state index is 13.6. The first kappa shape index (κ1) is 26.2. The Labute approximate surface area is 229 Å². The molecule has 0 amide bonds. The summed E-state index contributed by atoms with van der Waals surface area (Å²) in [5.74, 6) is 0.631. The monoisotopic (exact) mass is 543 g/mol. The molecule has 0 aliphatic carbocycles. The molecule has 0 saturated carbocycles. The normalized spacial score (nSPS) is 11.2. The van der Waals surface area contributed by atoms with Gasteiger partial charge in [0, 0.05) is 30.7 Å². The summed E-state index contributed by atoms with van der Waals surface area (Å²) in [6, 6.07) is 20.2. The lowest BCUT2D eigenvalue weighted by atomic mass is 9.98. The summed E-state index contributed by atoms with van der Waals surface area (Å²) in [5.41, 5.74) is 3.81. The van der Waals surface area contributed by atoms with Crippen molar-refractivity contribution in [1.29, 1.82) is 0 Å². The van der Waals surface area contributed by atoms with Crippen LogP contribution in [0.25, 0.3) is 22.5 Å².